The third-order valence-corrected chi connectivity index (χ3v) is 2.33. The topological polar surface area (TPSA) is 32.3 Å². The number of hydrogen-bond donors (Lipinski definition) is 2. The molecule has 0 aliphatic heterocycles. The Morgan fingerprint density at radius 1 is 1.33 bits per heavy atom. The number of aliphatic hydroxyl groups excluding tert-OH is 1. The van der Waals surface area contributed by atoms with Crippen LogP contribution in [0.25, 0.3) is 0 Å². The van der Waals surface area contributed by atoms with Crippen molar-refractivity contribution in [1.82, 2.24) is 5.32 Å². The van der Waals surface area contributed by atoms with Gasteiger partial charge >= 0.3 is 0 Å². The smallest absolute Gasteiger partial charge is 0.0589 e. The van der Waals surface area contributed by atoms with E-state index >= 15 is 0 Å². The highest BCUT2D eigenvalue weighted by molar-refractivity contribution is 4.81. The van der Waals surface area contributed by atoms with E-state index in [1.54, 1.807) is 0 Å². The van der Waals surface area contributed by atoms with E-state index < -0.39 is 0 Å². The largest absolute Gasteiger partial charge is 0.395 e. The van der Waals surface area contributed by atoms with Crippen molar-refractivity contribution < 1.29 is 5.11 Å². The van der Waals surface area contributed by atoms with E-state index in [1.807, 2.05) is 0 Å². The maximum Gasteiger partial charge on any atom is 0.0589 e. The van der Waals surface area contributed by atoms with E-state index in [-0.39, 0.29) is 18.1 Å². The predicted molar refractivity (Wildman–Crippen MR) is 53.2 cm³/mol. The van der Waals surface area contributed by atoms with Crippen LogP contribution in [0, 0.1) is 5.41 Å². The summed E-state index contributed by atoms with van der Waals surface area (Å²) in [7, 11) is 0. The van der Waals surface area contributed by atoms with Crippen molar-refractivity contribution in [3.05, 3.63) is 0 Å². The lowest BCUT2D eigenvalue weighted by molar-refractivity contribution is 0.149. The van der Waals surface area contributed by atoms with E-state index in [0.717, 1.165) is 6.42 Å². The molecule has 0 saturated carbocycles. The highest BCUT2D eigenvalue weighted by Gasteiger charge is 2.24. The van der Waals surface area contributed by atoms with Crippen LogP contribution in [-0.2, 0) is 0 Å². The number of hydrogen-bond acceptors (Lipinski definition) is 2. The van der Waals surface area contributed by atoms with Crippen LogP contribution in [0.2, 0.25) is 0 Å². The average molecular weight is 173 g/mol. The number of nitrogens with one attached hydrogen (secondary N) is 1. The van der Waals surface area contributed by atoms with Crippen molar-refractivity contribution in [3.63, 3.8) is 0 Å². The SMILES string of the molecule is CCC(C)NC(CO)C(C)(C)C. The molecule has 2 atom stereocenters. The van der Waals surface area contributed by atoms with E-state index in [0.29, 0.717) is 6.04 Å². The Hall–Kier alpha value is -0.0800. The van der Waals surface area contributed by atoms with Crippen LogP contribution >= 0.6 is 0 Å². The summed E-state index contributed by atoms with van der Waals surface area (Å²) in [5.74, 6) is 0. The Morgan fingerprint density at radius 2 is 1.83 bits per heavy atom. The molecule has 0 aromatic heterocycles. The maximum atomic E-state index is 9.14. The highest BCUT2D eigenvalue weighted by atomic mass is 16.3. The molecule has 0 amide bonds. The molecular formula is C10H23NO. The van der Waals surface area contributed by atoms with Gasteiger partial charge in [0, 0.05) is 12.1 Å². The van der Waals surface area contributed by atoms with Crippen molar-refractivity contribution in [3.8, 4) is 0 Å². The Kier molecular flexibility index (Phi) is 4.80. The van der Waals surface area contributed by atoms with Crippen LogP contribution in [0.1, 0.15) is 41.0 Å². The van der Waals surface area contributed by atoms with Gasteiger partial charge in [0.2, 0.25) is 0 Å². The lowest BCUT2D eigenvalue weighted by Gasteiger charge is -2.32. The minimum atomic E-state index is 0.137. The van der Waals surface area contributed by atoms with Crippen molar-refractivity contribution >= 4 is 0 Å². The molecule has 0 aromatic rings. The second-order valence-electron chi connectivity index (χ2n) is 4.58. The highest BCUT2D eigenvalue weighted by Crippen LogP contribution is 2.19. The van der Waals surface area contributed by atoms with Crippen molar-refractivity contribution in [2.45, 2.75) is 53.1 Å². The molecule has 0 aliphatic rings. The van der Waals surface area contributed by atoms with Crippen LogP contribution in [-0.4, -0.2) is 23.8 Å². The zero-order valence-corrected chi connectivity index (χ0v) is 9.02. The van der Waals surface area contributed by atoms with Gasteiger partial charge in [-0.3, -0.25) is 0 Å². The molecule has 2 heteroatoms. The first-order chi connectivity index (χ1) is 5.41. The minimum absolute atomic E-state index is 0.137. The number of rotatable bonds is 4. The molecule has 0 radical (unpaired) electrons. The van der Waals surface area contributed by atoms with Crippen LogP contribution < -0.4 is 5.32 Å². The number of aliphatic hydroxyl groups is 1. The van der Waals surface area contributed by atoms with Crippen molar-refractivity contribution in [1.29, 1.82) is 0 Å². The van der Waals surface area contributed by atoms with Crippen molar-refractivity contribution in [2.75, 3.05) is 6.61 Å². The molecule has 74 valence electrons. The summed E-state index contributed by atoms with van der Waals surface area (Å²) in [5.41, 5.74) is 0.137. The summed E-state index contributed by atoms with van der Waals surface area (Å²) in [6.45, 7) is 10.9. The first-order valence-electron chi connectivity index (χ1n) is 4.78. The first kappa shape index (κ1) is 11.9. The fraction of sp³-hybridized carbons (Fsp3) is 1.00. The second-order valence-corrected chi connectivity index (χ2v) is 4.58. The van der Waals surface area contributed by atoms with Gasteiger partial charge < -0.3 is 10.4 Å². The molecule has 2 N–H and O–H groups in total. The Bertz CT molecular complexity index is 117. The van der Waals surface area contributed by atoms with Gasteiger partial charge in [0.05, 0.1) is 6.61 Å². The van der Waals surface area contributed by atoms with E-state index in [2.05, 4.69) is 39.9 Å². The molecule has 0 heterocycles. The fourth-order valence-corrected chi connectivity index (χ4v) is 1.04. The van der Waals surface area contributed by atoms with Gasteiger partial charge in [0.1, 0.15) is 0 Å². The van der Waals surface area contributed by atoms with Crippen LogP contribution in [0.5, 0.6) is 0 Å². The molecule has 0 bridgehead atoms. The Labute approximate surface area is 76.4 Å². The summed E-state index contributed by atoms with van der Waals surface area (Å²) in [6, 6.07) is 0.689. The summed E-state index contributed by atoms with van der Waals surface area (Å²) >= 11 is 0. The summed E-state index contributed by atoms with van der Waals surface area (Å²) in [4.78, 5) is 0. The molecular weight excluding hydrogens is 150 g/mol. The molecule has 0 aliphatic carbocycles. The zero-order chi connectivity index (χ0) is 9.78. The van der Waals surface area contributed by atoms with Gasteiger partial charge in [-0.15, -0.1) is 0 Å². The second kappa shape index (κ2) is 4.83. The van der Waals surface area contributed by atoms with Gasteiger partial charge in [0.25, 0.3) is 0 Å². The predicted octanol–water partition coefficient (Wildman–Crippen LogP) is 1.78. The monoisotopic (exact) mass is 173 g/mol. The van der Waals surface area contributed by atoms with Crippen LogP contribution in [0.3, 0.4) is 0 Å². The lowest BCUT2D eigenvalue weighted by atomic mass is 9.87. The molecule has 2 nitrogen and oxygen atoms in total. The van der Waals surface area contributed by atoms with E-state index in [4.69, 9.17) is 5.11 Å². The molecule has 0 spiro atoms. The standard InChI is InChI=1S/C10H23NO/c1-6-8(2)11-9(7-12)10(3,4)5/h8-9,11-12H,6-7H2,1-5H3. The maximum absolute atomic E-state index is 9.14. The van der Waals surface area contributed by atoms with E-state index in [1.165, 1.54) is 0 Å². The quantitative estimate of drug-likeness (QED) is 0.679. The molecule has 2 unspecified atom stereocenters. The molecule has 0 rings (SSSR count). The summed E-state index contributed by atoms with van der Waals surface area (Å²) in [5, 5.41) is 12.5. The van der Waals surface area contributed by atoms with Gasteiger partial charge in [-0.25, -0.2) is 0 Å². The van der Waals surface area contributed by atoms with Gasteiger partial charge in [-0.1, -0.05) is 27.7 Å². The molecule has 12 heavy (non-hydrogen) atoms. The molecule has 0 saturated heterocycles. The van der Waals surface area contributed by atoms with Crippen LogP contribution in [0.4, 0.5) is 0 Å². The fourth-order valence-electron chi connectivity index (χ4n) is 1.04. The normalized spacial score (nSPS) is 17.5. The summed E-state index contributed by atoms with van der Waals surface area (Å²) < 4.78 is 0. The first-order valence-corrected chi connectivity index (χ1v) is 4.78. The Balaban J connectivity index is 4.00. The summed E-state index contributed by atoms with van der Waals surface area (Å²) in [6.07, 6.45) is 1.10. The molecule has 0 fully saturated rings. The minimum Gasteiger partial charge on any atom is -0.395 e. The van der Waals surface area contributed by atoms with Gasteiger partial charge in [-0.2, -0.15) is 0 Å². The zero-order valence-electron chi connectivity index (χ0n) is 9.02. The average Bonchev–Trinajstić information content (AvgIpc) is 1.97. The van der Waals surface area contributed by atoms with Crippen molar-refractivity contribution in [2.24, 2.45) is 5.41 Å². The van der Waals surface area contributed by atoms with Crippen LogP contribution in [0.15, 0.2) is 0 Å². The third-order valence-electron chi connectivity index (χ3n) is 2.33. The van der Waals surface area contributed by atoms with Gasteiger partial charge in [0.15, 0.2) is 0 Å². The van der Waals surface area contributed by atoms with Gasteiger partial charge in [-0.05, 0) is 18.8 Å². The molecule has 0 aromatic carbocycles. The third kappa shape index (κ3) is 4.07. The lowest BCUT2D eigenvalue weighted by Crippen LogP contribution is -2.46. The Morgan fingerprint density at radius 3 is 2.08 bits per heavy atom. The van der Waals surface area contributed by atoms with E-state index in [9.17, 15) is 0 Å².